The molecule has 0 bridgehead atoms. The fourth-order valence-electron chi connectivity index (χ4n) is 7.79. The Morgan fingerprint density at radius 2 is 1.81 bits per heavy atom. The minimum absolute atomic E-state index is 0.198. The van der Waals surface area contributed by atoms with Gasteiger partial charge < -0.3 is 24.8 Å². The molecule has 0 spiro atoms. The number of imidazole rings is 1. The quantitative estimate of drug-likeness (QED) is 0.171. The lowest BCUT2D eigenvalue weighted by atomic mass is 9.82. The van der Waals surface area contributed by atoms with E-state index in [2.05, 4.69) is 77.0 Å². The van der Waals surface area contributed by atoms with Gasteiger partial charge in [-0.15, -0.1) is 0 Å². The van der Waals surface area contributed by atoms with Crippen LogP contribution in [0.2, 0.25) is 0 Å². The average Bonchev–Trinajstić information content (AvgIpc) is 3.58. The summed E-state index contributed by atoms with van der Waals surface area (Å²) in [7, 11) is 1.74. The van der Waals surface area contributed by atoms with E-state index in [0.29, 0.717) is 11.9 Å². The predicted molar refractivity (Wildman–Crippen MR) is 189 cm³/mol. The summed E-state index contributed by atoms with van der Waals surface area (Å²) in [5.41, 5.74) is 7.75. The molecule has 47 heavy (non-hydrogen) atoms. The van der Waals surface area contributed by atoms with E-state index in [9.17, 15) is 9.90 Å². The number of amides is 1. The van der Waals surface area contributed by atoms with Crippen molar-refractivity contribution in [2.24, 2.45) is 0 Å². The number of nitrogens with zero attached hydrogens (tertiary/aromatic N) is 5. The number of fused-ring (bicyclic) bond motifs is 2. The topological polar surface area (TPSA) is 98.6 Å². The largest absolute Gasteiger partial charge is 0.374 e. The maximum Gasteiger partial charge on any atom is 0.237 e. The van der Waals surface area contributed by atoms with Crippen LogP contribution in [-0.4, -0.2) is 62.7 Å². The van der Waals surface area contributed by atoms with E-state index in [-0.39, 0.29) is 18.0 Å². The molecule has 1 unspecified atom stereocenters. The maximum atomic E-state index is 13.9. The monoisotopic (exact) mass is 635 g/mol. The van der Waals surface area contributed by atoms with Gasteiger partial charge in [-0.1, -0.05) is 31.5 Å². The molecule has 3 aliphatic rings. The van der Waals surface area contributed by atoms with Gasteiger partial charge in [-0.05, 0) is 115 Å². The molecule has 1 amide bonds. The van der Waals surface area contributed by atoms with Gasteiger partial charge in [0.25, 0.3) is 0 Å². The molecule has 1 saturated heterocycles. The maximum absolute atomic E-state index is 13.9. The first-order valence-corrected chi connectivity index (χ1v) is 17.4. The highest BCUT2D eigenvalue weighted by molar-refractivity contribution is 6.08. The number of benzene rings is 2. The first-order chi connectivity index (χ1) is 22.6. The first kappa shape index (κ1) is 31.8. The van der Waals surface area contributed by atoms with Crippen molar-refractivity contribution in [2.45, 2.75) is 103 Å². The van der Waals surface area contributed by atoms with Gasteiger partial charge in [0, 0.05) is 40.6 Å². The van der Waals surface area contributed by atoms with Crippen molar-refractivity contribution in [2.75, 3.05) is 30.4 Å². The van der Waals surface area contributed by atoms with Crippen LogP contribution in [-0.2, 0) is 10.2 Å². The number of piperidine rings is 1. The van der Waals surface area contributed by atoms with E-state index in [4.69, 9.17) is 9.97 Å². The molecule has 1 aliphatic carbocycles. The molecule has 7 rings (SSSR count). The summed E-state index contributed by atoms with van der Waals surface area (Å²) in [5.74, 6) is 0.907. The Hall–Kier alpha value is -3.79. The number of hydrogen-bond donors (Lipinski definition) is 3. The Morgan fingerprint density at radius 3 is 2.53 bits per heavy atom. The summed E-state index contributed by atoms with van der Waals surface area (Å²) in [4.78, 5) is 28.8. The number of aryl methyl sites for hydroxylation is 1. The van der Waals surface area contributed by atoms with Crippen LogP contribution in [0, 0.1) is 6.92 Å². The lowest BCUT2D eigenvalue weighted by Gasteiger charge is -2.48. The summed E-state index contributed by atoms with van der Waals surface area (Å²) >= 11 is 0. The number of likely N-dealkylation sites (tertiary alicyclic amines) is 1. The summed E-state index contributed by atoms with van der Waals surface area (Å²) in [6.45, 7) is 12.9. The van der Waals surface area contributed by atoms with Gasteiger partial charge in [0.1, 0.15) is 11.7 Å². The van der Waals surface area contributed by atoms with Crippen LogP contribution < -0.4 is 15.5 Å². The highest BCUT2D eigenvalue weighted by Crippen LogP contribution is 2.48. The van der Waals surface area contributed by atoms with E-state index in [1.165, 1.54) is 32.4 Å². The molecule has 2 aromatic heterocycles. The van der Waals surface area contributed by atoms with Gasteiger partial charge in [0.2, 0.25) is 5.91 Å². The zero-order valence-corrected chi connectivity index (χ0v) is 28.7. The third kappa shape index (κ3) is 5.52. The average molecular weight is 636 g/mol. The molecular formula is C38H49N7O2. The van der Waals surface area contributed by atoms with Crippen LogP contribution in [0.15, 0.2) is 48.8 Å². The van der Waals surface area contributed by atoms with Gasteiger partial charge in [0.05, 0.1) is 23.0 Å². The molecule has 2 aromatic carbocycles. The zero-order valence-electron chi connectivity index (χ0n) is 28.7. The summed E-state index contributed by atoms with van der Waals surface area (Å²) in [5, 5.41) is 17.1. The zero-order chi connectivity index (χ0) is 33.0. The molecule has 0 radical (unpaired) electrons. The molecule has 9 nitrogen and oxygen atoms in total. The van der Waals surface area contributed by atoms with Crippen LogP contribution in [0.4, 0.5) is 17.2 Å². The molecule has 4 aromatic rings. The van der Waals surface area contributed by atoms with E-state index >= 15 is 0 Å². The smallest absolute Gasteiger partial charge is 0.237 e. The van der Waals surface area contributed by atoms with Crippen LogP contribution in [0.5, 0.6) is 0 Å². The fourth-order valence-corrected chi connectivity index (χ4v) is 7.79. The normalized spacial score (nSPS) is 22.3. The minimum atomic E-state index is -0.770. The van der Waals surface area contributed by atoms with Gasteiger partial charge in [-0.3, -0.25) is 10.1 Å². The van der Waals surface area contributed by atoms with Crippen molar-refractivity contribution >= 4 is 34.1 Å². The molecular weight excluding hydrogens is 586 g/mol. The lowest BCUT2D eigenvalue weighted by molar-refractivity contribution is -0.123. The van der Waals surface area contributed by atoms with Gasteiger partial charge in [-0.25, -0.2) is 9.97 Å². The highest BCUT2D eigenvalue weighted by atomic mass is 16.3. The number of aromatic nitrogens is 3. The second-order valence-electron chi connectivity index (χ2n) is 14.4. The van der Waals surface area contributed by atoms with Crippen molar-refractivity contribution < 1.29 is 9.90 Å². The van der Waals surface area contributed by atoms with E-state index < -0.39 is 11.6 Å². The van der Waals surface area contributed by atoms with Gasteiger partial charge in [0.15, 0.2) is 5.82 Å². The number of aliphatic hydroxyl groups excluding tert-OH is 1. The number of aliphatic hydroxyl groups is 1. The Morgan fingerprint density at radius 1 is 1.04 bits per heavy atom. The number of carbonyl (C=O) groups excluding carboxylic acids is 1. The fraction of sp³-hybridized carbons (Fsp3) is 0.500. The van der Waals surface area contributed by atoms with Crippen molar-refractivity contribution in [3.63, 3.8) is 0 Å². The van der Waals surface area contributed by atoms with E-state index in [1.807, 2.05) is 31.5 Å². The standard InChI is InChI=1S/C38H49N7O2/c1-7-24(3)44-22-40-32-21-31(42-35(34(32)44)41-26-13-11-23(2)29(18-26)36(46)39-6)25-12-14-30-33(17-25)45(37(47)38(30,4)5)28-19-27(20-28)43-15-9-8-10-16-43/h11-14,17-18,21-22,24,27-28,36,39,46H,7-10,15-16,19-20H2,1-6H3,(H,41,42)/t24-,27-,28+,36?/m0/s1. The first-order valence-electron chi connectivity index (χ1n) is 17.4. The summed E-state index contributed by atoms with van der Waals surface area (Å²) in [6, 6.07) is 15.5. The third-order valence-corrected chi connectivity index (χ3v) is 11.1. The highest BCUT2D eigenvalue weighted by Gasteiger charge is 2.50. The van der Waals surface area contributed by atoms with E-state index in [1.54, 1.807) is 7.05 Å². The number of rotatable bonds is 9. The molecule has 1 saturated carbocycles. The molecule has 2 aliphatic heterocycles. The second-order valence-corrected chi connectivity index (χ2v) is 14.4. The number of nitrogens with one attached hydrogen (secondary N) is 2. The molecule has 2 atom stereocenters. The van der Waals surface area contributed by atoms with Crippen molar-refractivity contribution in [1.29, 1.82) is 0 Å². The van der Waals surface area contributed by atoms with E-state index in [0.717, 1.165) is 69.6 Å². The second kappa shape index (κ2) is 12.3. The number of anilines is 3. The third-order valence-electron chi connectivity index (χ3n) is 11.1. The van der Waals surface area contributed by atoms with Crippen molar-refractivity contribution in [3.05, 3.63) is 65.5 Å². The number of pyridine rings is 1. The SMILES string of the molecule is CC[C@H](C)n1cnc2cc(-c3ccc4c(c3)N([C@H]3C[C@@H](N5CCCCC5)C3)C(=O)C4(C)C)nc(Nc3ccc(C)c(C(O)NC)c3)c21. The van der Waals surface area contributed by atoms with Crippen LogP contribution >= 0.6 is 0 Å². The summed E-state index contributed by atoms with van der Waals surface area (Å²) < 4.78 is 2.19. The van der Waals surface area contributed by atoms with Gasteiger partial charge in [-0.2, -0.15) is 0 Å². The van der Waals surface area contributed by atoms with Crippen molar-refractivity contribution in [3.8, 4) is 11.3 Å². The van der Waals surface area contributed by atoms with Gasteiger partial charge >= 0.3 is 0 Å². The lowest BCUT2D eigenvalue weighted by Crippen LogP contribution is -2.57. The van der Waals surface area contributed by atoms with Crippen LogP contribution in [0.25, 0.3) is 22.3 Å². The Labute approximate surface area is 278 Å². The van der Waals surface area contributed by atoms with Crippen LogP contribution in [0.3, 0.4) is 0 Å². The van der Waals surface area contributed by atoms with Crippen LogP contribution in [0.1, 0.15) is 95.2 Å². The number of carbonyl (C=O) groups is 1. The Balaban J connectivity index is 1.27. The molecule has 2 fully saturated rings. The minimum Gasteiger partial charge on any atom is -0.374 e. The Bertz CT molecular complexity index is 1800. The number of hydrogen-bond acceptors (Lipinski definition) is 7. The summed E-state index contributed by atoms with van der Waals surface area (Å²) in [6.07, 6.45) is 8.08. The Kier molecular flexibility index (Phi) is 8.35. The molecule has 9 heteroatoms. The molecule has 4 heterocycles. The molecule has 248 valence electrons. The van der Waals surface area contributed by atoms with Crippen molar-refractivity contribution in [1.82, 2.24) is 24.8 Å². The predicted octanol–water partition coefficient (Wildman–Crippen LogP) is 6.97. The molecule has 3 N–H and O–H groups in total.